The second-order valence-corrected chi connectivity index (χ2v) is 11.9. The van der Waals surface area contributed by atoms with Gasteiger partial charge in [0.25, 0.3) is 0 Å². The van der Waals surface area contributed by atoms with Crippen LogP contribution in [0.3, 0.4) is 0 Å². The second-order valence-electron chi connectivity index (χ2n) is 6.76. The van der Waals surface area contributed by atoms with Gasteiger partial charge in [0.15, 0.2) is 0 Å². The molecule has 0 amide bonds. The fraction of sp³-hybridized carbons (Fsp3) is 0.786. The molecule has 0 aromatic heterocycles. The van der Waals surface area contributed by atoms with Crippen molar-refractivity contribution in [2.24, 2.45) is 0 Å². The number of hydrogen-bond donors (Lipinski definition) is 0. The van der Waals surface area contributed by atoms with E-state index in [2.05, 4.69) is 62.3 Å². The predicted octanol–water partition coefficient (Wildman–Crippen LogP) is 4.50. The maximum Gasteiger partial charge on any atom is 2.00 e. The molecule has 0 atom stereocenters. The standard InChI is InChI=1S/C12H26P.2CH3.ClH2.Mg.Pt.H/c1-10(2,3)13(11(4,5)6)12(7,8)9;;;;;;/h1H2,2-9H3;2*1H3;1H2;;;/q3*-1;+1;+2;;-1/p+1. The van der Waals surface area contributed by atoms with Crippen molar-refractivity contribution < 1.29 is 34.9 Å². The number of rotatable bonds is 1. The fourth-order valence-corrected chi connectivity index (χ4v) is 9.47. The molecule has 0 spiro atoms. The molecule has 0 radical (unpaired) electrons. The van der Waals surface area contributed by atoms with Crippen molar-refractivity contribution in [3.8, 4) is 0 Å². The quantitative estimate of drug-likeness (QED) is 0.289. The van der Waals surface area contributed by atoms with Gasteiger partial charge in [-0.25, -0.2) is 0 Å². The van der Waals surface area contributed by atoms with E-state index < -0.39 is 7.92 Å². The zero-order valence-electron chi connectivity index (χ0n) is 15.2. The van der Waals surface area contributed by atoms with Crippen LogP contribution in [0, 0.1) is 34.2 Å². The van der Waals surface area contributed by atoms with Crippen LogP contribution in [0.2, 0.25) is 0 Å². The zero-order chi connectivity index (χ0) is 11.1. The molecule has 0 aromatic carbocycles. The Bertz CT molecular complexity index is 150. The molecule has 0 saturated carbocycles. The first-order valence-electron chi connectivity index (χ1n) is 5.10. The van der Waals surface area contributed by atoms with Crippen molar-refractivity contribution >= 4 is 31.0 Å². The summed E-state index contributed by atoms with van der Waals surface area (Å²) in [6.07, 6.45) is 0. The van der Waals surface area contributed by atoms with Gasteiger partial charge in [-0.1, -0.05) is 13.8 Å². The third kappa shape index (κ3) is 13.2. The van der Waals surface area contributed by atoms with Crippen LogP contribution in [0.4, 0.5) is 0 Å². The predicted molar refractivity (Wildman–Crippen MR) is 89.7 cm³/mol. The van der Waals surface area contributed by atoms with Crippen LogP contribution in [-0.2, 0) is 21.1 Å². The summed E-state index contributed by atoms with van der Waals surface area (Å²) in [5.41, 5.74) is 0. The van der Waals surface area contributed by atoms with E-state index in [-0.39, 0.29) is 78.0 Å². The Balaban J connectivity index is -0.0000000480. The average Bonchev–Trinajstić information content (AvgIpc) is 1.44. The van der Waals surface area contributed by atoms with E-state index in [0.29, 0.717) is 10.3 Å². The molecule has 0 fully saturated rings. The zero-order valence-corrected chi connectivity index (χ0v) is 19.8. The fourth-order valence-electron chi connectivity index (χ4n) is 3.16. The van der Waals surface area contributed by atoms with Crippen molar-refractivity contribution in [3.63, 3.8) is 0 Å². The van der Waals surface area contributed by atoms with E-state index in [1.165, 1.54) is 0 Å². The maximum atomic E-state index is 4.35. The molecule has 0 aliphatic carbocycles. The van der Waals surface area contributed by atoms with E-state index in [1.807, 2.05) is 0 Å². The van der Waals surface area contributed by atoms with Gasteiger partial charge < -0.3 is 23.2 Å². The van der Waals surface area contributed by atoms with Crippen LogP contribution in [0.15, 0.2) is 0 Å². The summed E-state index contributed by atoms with van der Waals surface area (Å²) in [6, 6.07) is 0. The number of hydrogen-bond acceptors (Lipinski definition) is 0. The van der Waals surface area contributed by atoms with Crippen molar-refractivity contribution in [1.82, 2.24) is 0 Å². The molecule has 0 aliphatic rings. The molecule has 0 rings (SSSR count). The molecule has 4 heteroatoms. The van der Waals surface area contributed by atoms with Crippen LogP contribution >= 0.6 is 7.92 Å². The summed E-state index contributed by atoms with van der Waals surface area (Å²) >= 11 is 0. The van der Waals surface area contributed by atoms with Crippen LogP contribution in [-0.4, -0.2) is 38.5 Å². The first kappa shape index (κ1) is 36.9. The monoisotopic (exact) mass is 489 g/mol. The summed E-state index contributed by atoms with van der Waals surface area (Å²) in [6.45, 7) is 23.1. The van der Waals surface area contributed by atoms with Gasteiger partial charge in [0, 0.05) is 21.1 Å². The van der Waals surface area contributed by atoms with Gasteiger partial charge in [-0.3, -0.25) is 0 Å². The van der Waals surface area contributed by atoms with Gasteiger partial charge in [0.1, 0.15) is 0 Å². The van der Waals surface area contributed by atoms with Gasteiger partial charge in [0.05, 0.1) is 22.7 Å². The SMILES string of the molecule is [CH2-]C(C)(C)[PH+](C(C)(C)C)C(C)(C)C.[CH3-].[CH3-].[ClH2+].[H-].[Mg+2].[Pt]. The molecule has 116 valence electrons. The summed E-state index contributed by atoms with van der Waals surface area (Å²) in [7, 11) is -0.502. The average molecular weight is 490 g/mol. The summed E-state index contributed by atoms with van der Waals surface area (Å²) in [5.74, 6) is 0. The van der Waals surface area contributed by atoms with E-state index in [9.17, 15) is 0 Å². The second kappa shape index (κ2) is 11.8. The van der Waals surface area contributed by atoms with E-state index in [4.69, 9.17) is 0 Å². The first-order valence-corrected chi connectivity index (χ1v) is 6.60. The molecule has 0 nitrogen and oxygen atoms in total. The molecule has 0 aromatic rings. The molecule has 18 heavy (non-hydrogen) atoms. The Morgan fingerprint density at radius 1 is 0.778 bits per heavy atom. The van der Waals surface area contributed by atoms with Gasteiger partial charge in [0.2, 0.25) is 0 Å². The third-order valence-electron chi connectivity index (χ3n) is 2.18. The van der Waals surface area contributed by atoms with Gasteiger partial charge >= 0.3 is 23.1 Å². The molecular weight excluding hydrogens is 454 g/mol. The molecule has 0 bridgehead atoms. The van der Waals surface area contributed by atoms with Gasteiger partial charge in [-0.2, -0.15) is 0 Å². The summed E-state index contributed by atoms with van der Waals surface area (Å²) in [4.78, 5) is 0. The molecule has 0 aliphatic heterocycles. The van der Waals surface area contributed by atoms with Gasteiger partial charge in [-0.05, 0) is 54.6 Å². The Kier molecular flexibility index (Phi) is 24.2. The molecule has 0 N–H and O–H groups in total. The van der Waals surface area contributed by atoms with Gasteiger partial charge in [-0.15, -0.1) is 0 Å². The molecule has 0 unspecified atom stereocenters. The van der Waals surface area contributed by atoms with Crippen LogP contribution in [0.1, 0.15) is 56.8 Å². The van der Waals surface area contributed by atoms with Crippen molar-refractivity contribution in [2.75, 3.05) is 0 Å². The minimum atomic E-state index is -0.502. The van der Waals surface area contributed by atoms with E-state index in [0.717, 1.165) is 0 Å². The largest absolute Gasteiger partial charge is 2.00 e. The van der Waals surface area contributed by atoms with Crippen LogP contribution < -0.4 is 0 Å². The van der Waals surface area contributed by atoms with E-state index >= 15 is 0 Å². The molecule has 0 saturated heterocycles. The minimum Gasteiger partial charge on any atom is -1.00 e. The smallest absolute Gasteiger partial charge is 1.00 e. The maximum absolute atomic E-state index is 4.35. The minimum absolute atomic E-state index is 0. The molecule has 0 heterocycles. The Morgan fingerprint density at radius 2 is 0.944 bits per heavy atom. The summed E-state index contributed by atoms with van der Waals surface area (Å²) < 4.78 is 0. The molecular formula is C14H36ClMgPPt. The number of halogens is 1. The Labute approximate surface area is 157 Å². The van der Waals surface area contributed by atoms with Crippen molar-refractivity contribution in [3.05, 3.63) is 21.8 Å². The third-order valence-corrected chi connectivity index (χ3v) is 6.53. The topological polar surface area (TPSA) is 0 Å². The summed E-state index contributed by atoms with van der Waals surface area (Å²) in [5, 5.41) is 1.09. The first-order chi connectivity index (χ1) is 5.37. The van der Waals surface area contributed by atoms with E-state index in [1.54, 1.807) is 0 Å². The van der Waals surface area contributed by atoms with Crippen LogP contribution in [0.5, 0.6) is 0 Å². The Hall–Kier alpha value is 2.17. The van der Waals surface area contributed by atoms with Crippen LogP contribution in [0.25, 0.3) is 0 Å². The van der Waals surface area contributed by atoms with Crippen molar-refractivity contribution in [2.45, 2.75) is 70.9 Å². The Morgan fingerprint density at radius 3 is 0.944 bits per heavy atom. The normalized spacial score (nSPS) is 11.0. The van der Waals surface area contributed by atoms with Crippen molar-refractivity contribution in [1.29, 1.82) is 0 Å².